The number of carbonyl (C=O) groups is 1. The van der Waals surface area contributed by atoms with Gasteiger partial charge in [-0.25, -0.2) is 0 Å². The summed E-state index contributed by atoms with van der Waals surface area (Å²) in [5, 5.41) is 7.55. The van der Waals surface area contributed by atoms with Crippen LogP contribution in [0.25, 0.3) is 22.3 Å². The van der Waals surface area contributed by atoms with Gasteiger partial charge in [-0.2, -0.15) is 18.2 Å². The predicted octanol–water partition coefficient (Wildman–Crippen LogP) is 3.70. The molecule has 0 saturated carbocycles. The van der Waals surface area contributed by atoms with Crippen molar-refractivity contribution in [2.45, 2.75) is 13.1 Å². The summed E-state index contributed by atoms with van der Waals surface area (Å²) in [6.07, 6.45) is -0.549. The van der Waals surface area contributed by atoms with E-state index in [0.29, 0.717) is 16.5 Å². The monoisotopic (exact) mass is 362 g/mol. The van der Waals surface area contributed by atoms with Crippen LogP contribution in [0.5, 0.6) is 0 Å². The second kappa shape index (κ2) is 5.55. The molecule has 1 aromatic carbocycles. The van der Waals surface area contributed by atoms with Gasteiger partial charge in [0, 0.05) is 17.1 Å². The van der Waals surface area contributed by atoms with Gasteiger partial charge in [0.1, 0.15) is 6.26 Å². The highest BCUT2D eigenvalue weighted by molar-refractivity contribution is 6.03. The molecule has 10 heteroatoms. The van der Waals surface area contributed by atoms with Gasteiger partial charge >= 0.3 is 12.1 Å². The minimum atomic E-state index is -4.71. The molecule has 0 N–H and O–H groups in total. The van der Waals surface area contributed by atoms with E-state index in [0.717, 1.165) is 5.56 Å². The molecule has 132 valence electrons. The fourth-order valence-electron chi connectivity index (χ4n) is 2.61. The third-order valence-electron chi connectivity index (χ3n) is 3.83. The van der Waals surface area contributed by atoms with Crippen molar-refractivity contribution in [3.8, 4) is 11.4 Å². The van der Waals surface area contributed by atoms with Crippen LogP contribution in [0.2, 0.25) is 0 Å². The summed E-state index contributed by atoms with van der Waals surface area (Å²) >= 11 is 0. The zero-order valence-electron chi connectivity index (χ0n) is 13.1. The molecule has 0 aliphatic carbocycles. The maximum Gasteiger partial charge on any atom is 0.471 e. The van der Waals surface area contributed by atoms with E-state index < -0.39 is 12.1 Å². The molecular weight excluding hydrogens is 353 g/mol. The van der Waals surface area contributed by atoms with Gasteiger partial charge in [-0.05, 0) is 30.7 Å². The number of aryl methyl sites for hydroxylation is 1. The molecule has 7 nitrogen and oxygen atoms in total. The number of hydrogen-bond acceptors (Lipinski definition) is 6. The maximum atomic E-state index is 12.6. The summed E-state index contributed by atoms with van der Waals surface area (Å²) in [6, 6.07) is 4.73. The predicted molar refractivity (Wildman–Crippen MR) is 81.2 cm³/mol. The van der Waals surface area contributed by atoms with Crippen LogP contribution in [0.4, 0.5) is 13.2 Å². The number of halogens is 3. The average Bonchev–Trinajstić information content (AvgIpc) is 3.34. The van der Waals surface area contributed by atoms with E-state index in [2.05, 4.69) is 24.3 Å². The van der Waals surface area contributed by atoms with E-state index >= 15 is 0 Å². The van der Waals surface area contributed by atoms with Gasteiger partial charge in [-0.3, -0.25) is 9.36 Å². The molecule has 0 aliphatic heterocycles. The lowest BCUT2D eigenvalue weighted by molar-refractivity contribution is -0.159. The number of fused-ring (bicyclic) bond motifs is 1. The van der Waals surface area contributed by atoms with Crippen LogP contribution in [-0.2, 0) is 6.18 Å². The van der Waals surface area contributed by atoms with Crippen molar-refractivity contribution in [2.75, 3.05) is 0 Å². The highest BCUT2D eigenvalue weighted by Gasteiger charge is 2.38. The summed E-state index contributed by atoms with van der Waals surface area (Å²) in [4.78, 5) is 15.9. The highest BCUT2D eigenvalue weighted by atomic mass is 19.4. The fraction of sp³-hybridized carbons (Fsp3) is 0.125. The van der Waals surface area contributed by atoms with Gasteiger partial charge < -0.3 is 9.05 Å². The Bertz CT molecular complexity index is 1110. The zero-order valence-corrected chi connectivity index (χ0v) is 13.1. The Balaban J connectivity index is 1.78. The summed E-state index contributed by atoms with van der Waals surface area (Å²) in [5.74, 6) is -1.93. The minimum absolute atomic E-state index is 0.184. The number of benzene rings is 1. The third-order valence-corrected chi connectivity index (χ3v) is 3.83. The van der Waals surface area contributed by atoms with E-state index in [-0.39, 0.29) is 17.3 Å². The Morgan fingerprint density at radius 3 is 2.73 bits per heavy atom. The first-order chi connectivity index (χ1) is 12.3. The lowest BCUT2D eigenvalue weighted by Crippen LogP contribution is -2.09. The van der Waals surface area contributed by atoms with Crippen LogP contribution in [-0.4, -0.2) is 25.8 Å². The Morgan fingerprint density at radius 1 is 1.27 bits per heavy atom. The molecule has 3 aromatic heterocycles. The van der Waals surface area contributed by atoms with E-state index in [4.69, 9.17) is 0 Å². The first-order valence-corrected chi connectivity index (χ1v) is 7.31. The normalized spacial score (nSPS) is 12.0. The molecule has 4 aromatic rings. The lowest BCUT2D eigenvalue weighted by Gasteiger charge is -2.02. The SMILES string of the molecule is Cc1cn(C(=O)c2cnoc2)c2ccc(-c3noc(C(F)(F)F)n3)cc12. The highest BCUT2D eigenvalue weighted by Crippen LogP contribution is 2.31. The van der Waals surface area contributed by atoms with Gasteiger partial charge in [-0.1, -0.05) is 10.3 Å². The number of rotatable bonds is 2. The van der Waals surface area contributed by atoms with E-state index in [1.54, 1.807) is 25.3 Å². The van der Waals surface area contributed by atoms with E-state index in [9.17, 15) is 18.0 Å². The average molecular weight is 362 g/mol. The Kier molecular flexibility index (Phi) is 3.43. The largest absolute Gasteiger partial charge is 0.471 e. The zero-order chi connectivity index (χ0) is 18.5. The number of nitrogens with zero attached hydrogens (tertiary/aromatic N) is 4. The van der Waals surface area contributed by atoms with E-state index in [1.807, 2.05) is 0 Å². The summed E-state index contributed by atoms with van der Waals surface area (Å²) in [5.41, 5.74) is 1.96. The first-order valence-electron chi connectivity index (χ1n) is 7.31. The van der Waals surface area contributed by atoms with Crippen LogP contribution in [0, 0.1) is 6.92 Å². The molecule has 0 atom stereocenters. The molecule has 0 aliphatic rings. The number of aromatic nitrogens is 4. The van der Waals surface area contributed by atoms with Gasteiger partial charge in [0.2, 0.25) is 5.82 Å². The van der Waals surface area contributed by atoms with Crippen LogP contribution in [0.1, 0.15) is 21.8 Å². The number of hydrogen-bond donors (Lipinski definition) is 0. The lowest BCUT2D eigenvalue weighted by atomic mass is 10.1. The van der Waals surface area contributed by atoms with Gasteiger partial charge in [0.15, 0.2) is 0 Å². The van der Waals surface area contributed by atoms with Crippen molar-refractivity contribution < 1.29 is 27.0 Å². The van der Waals surface area contributed by atoms with Crippen molar-refractivity contribution in [3.05, 3.63) is 53.9 Å². The van der Waals surface area contributed by atoms with Crippen LogP contribution >= 0.6 is 0 Å². The molecule has 0 saturated heterocycles. The van der Waals surface area contributed by atoms with Crippen molar-refractivity contribution in [2.24, 2.45) is 0 Å². The molecule has 0 unspecified atom stereocenters. The molecule has 0 amide bonds. The molecule has 3 heterocycles. The van der Waals surface area contributed by atoms with Gasteiger partial charge in [-0.15, -0.1) is 0 Å². The summed E-state index contributed by atoms with van der Waals surface area (Å²) < 4.78 is 48.2. The van der Waals surface area contributed by atoms with Crippen LogP contribution in [0.3, 0.4) is 0 Å². The van der Waals surface area contributed by atoms with Crippen molar-refractivity contribution in [3.63, 3.8) is 0 Å². The standard InChI is InChI=1S/C16H9F3N4O3/c1-8-6-23(14(24)10-5-20-25-7-10)12-3-2-9(4-11(8)12)13-21-15(26-22-13)16(17,18)19/h2-7H,1H3. The Labute approximate surface area is 143 Å². The Hall–Kier alpha value is -3.43. The summed E-state index contributed by atoms with van der Waals surface area (Å²) in [6.45, 7) is 1.78. The third kappa shape index (κ3) is 2.55. The van der Waals surface area contributed by atoms with Crippen LogP contribution < -0.4 is 0 Å². The minimum Gasteiger partial charge on any atom is -0.364 e. The first kappa shape index (κ1) is 16.1. The second-order valence-corrected chi connectivity index (χ2v) is 5.55. The quantitative estimate of drug-likeness (QED) is 0.540. The van der Waals surface area contributed by atoms with Gasteiger partial charge in [0.05, 0.1) is 17.3 Å². The second-order valence-electron chi connectivity index (χ2n) is 5.55. The topological polar surface area (TPSA) is 87.0 Å². The fourth-order valence-corrected chi connectivity index (χ4v) is 2.61. The molecule has 0 fully saturated rings. The molecule has 26 heavy (non-hydrogen) atoms. The maximum absolute atomic E-state index is 12.6. The summed E-state index contributed by atoms with van der Waals surface area (Å²) in [7, 11) is 0. The van der Waals surface area contributed by atoms with Crippen molar-refractivity contribution in [1.82, 2.24) is 19.9 Å². The van der Waals surface area contributed by atoms with E-state index in [1.165, 1.54) is 23.1 Å². The van der Waals surface area contributed by atoms with Crippen molar-refractivity contribution >= 4 is 16.8 Å². The Morgan fingerprint density at radius 2 is 2.08 bits per heavy atom. The van der Waals surface area contributed by atoms with Gasteiger partial charge in [0.25, 0.3) is 5.91 Å². The molecule has 0 spiro atoms. The number of alkyl halides is 3. The molecule has 4 rings (SSSR count). The molecule has 0 radical (unpaired) electrons. The van der Waals surface area contributed by atoms with Crippen molar-refractivity contribution in [1.29, 1.82) is 0 Å². The number of carbonyl (C=O) groups excluding carboxylic acids is 1. The molecular formula is C16H9F3N4O3. The molecule has 0 bridgehead atoms. The van der Waals surface area contributed by atoms with Crippen LogP contribution in [0.15, 0.2) is 45.9 Å². The smallest absolute Gasteiger partial charge is 0.364 e.